The molecule has 120 valence electrons. The molecular weight excluding hydrogens is 271 g/mol. The van der Waals surface area contributed by atoms with Crippen molar-refractivity contribution >= 4 is 8.53 Å². The van der Waals surface area contributed by atoms with E-state index >= 15 is 0 Å². The van der Waals surface area contributed by atoms with Crippen molar-refractivity contribution in [3.63, 3.8) is 0 Å². The van der Waals surface area contributed by atoms with Gasteiger partial charge >= 0.3 is 0 Å². The van der Waals surface area contributed by atoms with Gasteiger partial charge in [0.15, 0.2) is 0 Å². The number of hydrogen-bond acceptors (Lipinski definition) is 4. The molecule has 0 saturated heterocycles. The fourth-order valence-corrected chi connectivity index (χ4v) is 1.56. The summed E-state index contributed by atoms with van der Waals surface area (Å²) >= 11 is 0. The van der Waals surface area contributed by atoms with Crippen LogP contribution in [-0.2, 0) is 9.05 Å². The molecule has 0 fully saturated rings. The van der Waals surface area contributed by atoms with Gasteiger partial charge in [-0.15, -0.1) is 0 Å². The first-order valence-electron chi connectivity index (χ1n) is 7.63. The Labute approximate surface area is 127 Å². The molecule has 0 aromatic heterocycles. The van der Waals surface area contributed by atoms with E-state index in [1.54, 1.807) is 0 Å². The largest absolute Gasteiger partial charge is 0.322 e. The van der Waals surface area contributed by atoms with E-state index in [4.69, 9.17) is 19.8 Å². The van der Waals surface area contributed by atoms with Gasteiger partial charge in [0.05, 0.1) is 25.7 Å². The average Bonchev–Trinajstić information content (AvgIpc) is 2.39. The highest BCUT2D eigenvalue weighted by molar-refractivity contribution is 7.44. The van der Waals surface area contributed by atoms with Crippen LogP contribution in [0, 0.1) is 23.2 Å². The Morgan fingerprint density at radius 3 is 2.00 bits per heavy atom. The lowest BCUT2D eigenvalue weighted by Gasteiger charge is -2.10. The Morgan fingerprint density at radius 1 is 1.00 bits per heavy atom. The maximum atomic E-state index is 8.25. The van der Waals surface area contributed by atoms with Crippen molar-refractivity contribution in [1.29, 1.82) is 5.26 Å². The quantitative estimate of drug-likeness (QED) is 0.455. The van der Waals surface area contributed by atoms with Gasteiger partial charge in [-0.3, -0.25) is 5.50 Å². The summed E-state index contributed by atoms with van der Waals surface area (Å²) in [5.74, 6) is 1.70. The fraction of sp³-hybridized carbons (Fsp3) is 0.933. The van der Waals surface area contributed by atoms with Gasteiger partial charge in [0.1, 0.15) is 0 Å². The summed E-state index contributed by atoms with van der Waals surface area (Å²) in [6.45, 7) is 12.2. The van der Waals surface area contributed by atoms with Crippen LogP contribution in [0.4, 0.5) is 0 Å². The van der Waals surface area contributed by atoms with E-state index in [0.717, 1.165) is 18.3 Å². The standard InChI is InChI=1S/C9H19N2O2P.C6H14/c1-2-3-4-5-8-12-14(11)13-9-6-7-10;1-5(2)6(3)4/h2-6,8-9,11H2,1H3;5-6H,1-4H3. The van der Waals surface area contributed by atoms with Gasteiger partial charge in [0.25, 0.3) is 8.53 Å². The second-order valence-electron chi connectivity index (χ2n) is 5.41. The third-order valence-corrected chi connectivity index (χ3v) is 3.86. The predicted molar refractivity (Wildman–Crippen MR) is 87.1 cm³/mol. The minimum Gasteiger partial charge on any atom is -0.322 e. The molecule has 0 amide bonds. The van der Waals surface area contributed by atoms with Crippen LogP contribution in [0.5, 0.6) is 0 Å². The Morgan fingerprint density at radius 2 is 1.55 bits per heavy atom. The van der Waals surface area contributed by atoms with E-state index in [-0.39, 0.29) is 0 Å². The molecule has 0 aliphatic rings. The highest BCUT2D eigenvalue weighted by atomic mass is 31.2. The maximum Gasteiger partial charge on any atom is 0.252 e. The molecule has 0 bridgehead atoms. The molecule has 2 N–H and O–H groups in total. The van der Waals surface area contributed by atoms with Crippen molar-refractivity contribution in [3.05, 3.63) is 0 Å². The molecule has 0 aromatic rings. The molecule has 5 heteroatoms. The highest BCUT2D eigenvalue weighted by Crippen LogP contribution is 2.28. The van der Waals surface area contributed by atoms with Crippen molar-refractivity contribution < 1.29 is 9.05 Å². The summed E-state index contributed by atoms with van der Waals surface area (Å²) in [5, 5.41) is 8.25. The molecular formula is C15H33N2O2P. The van der Waals surface area contributed by atoms with Crippen molar-refractivity contribution in [2.24, 2.45) is 17.3 Å². The first-order valence-corrected chi connectivity index (χ1v) is 8.87. The zero-order valence-electron chi connectivity index (χ0n) is 13.9. The molecule has 0 radical (unpaired) electrons. The zero-order chi connectivity index (χ0) is 15.8. The van der Waals surface area contributed by atoms with Gasteiger partial charge in [-0.25, -0.2) is 0 Å². The molecule has 20 heavy (non-hydrogen) atoms. The van der Waals surface area contributed by atoms with Gasteiger partial charge < -0.3 is 9.05 Å². The lowest BCUT2D eigenvalue weighted by atomic mass is 10.0. The van der Waals surface area contributed by atoms with E-state index in [0.29, 0.717) is 19.6 Å². The molecule has 0 spiro atoms. The van der Waals surface area contributed by atoms with Gasteiger partial charge in [-0.05, 0) is 18.3 Å². The van der Waals surface area contributed by atoms with Crippen LogP contribution in [0.25, 0.3) is 0 Å². The van der Waals surface area contributed by atoms with E-state index in [1.807, 2.05) is 6.07 Å². The number of nitriles is 1. The van der Waals surface area contributed by atoms with Crippen LogP contribution >= 0.6 is 8.53 Å². The number of unbranched alkanes of at least 4 members (excludes halogenated alkanes) is 3. The number of nitrogens with two attached hydrogens (primary N) is 1. The third-order valence-electron chi connectivity index (χ3n) is 2.98. The summed E-state index contributed by atoms with van der Waals surface area (Å²) < 4.78 is 10.3. The fourth-order valence-electron chi connectivity index (χ4n) is 0.902. The van der Waals surface area contributed by atoms with Crippen molar-refractivity contribution in [1.82, 2.24) is 0 Å². The molecule has 0 saturated carbocycles. The van der Waals surface area contributed by atoms with Crippen molar-refractivity contribution in [2.75, 3.05) is 13.2 Å². The molecule has 0 aliphatic heterocycles. The average molecular weight is 304 g/mol. The van der Waals surface area contributed by atoms with Crippen LogP contribution in [0.2, 0.25) is 0 Å². The lowest BCUT2D eigenvalue weighted by Crippen LogP contribution is -2.01. The Bertz CT molecular complexity index is 224. The molecule has 1 atom stereocenters. The number of rotatable bonds is 10. The molecule has 0 rings (SSSR count). The van der Waals surface area contributed by atoms with Crippen LogP contribution in [0.1, 0.15) is 66.7 Å². The van der Waals surface area contributed by atoms with Gasteiger partial charge in [-0.2, -0.15) is 5.26 Å². The summed E-state index contributed by atoms with van der Waals surface area (Å²) in [6.07, 6.45) is 5.04. The Hall–Kier alpha value is -0.200. The summed E-state index contributed by atoms with van der Waals surface area (Å²) in [7, 11) is -1.26. The highest BCUT2D eigenvalue weighted by Gasteiger charge is 2.02. The van der Waals surface area contributed by atoms with Crippen LogP contribution in [-0.4, -0.2) is 13.2 Å². The smallest absolute Gasteiger partial charge is 0.252 e. The first-order chi connectivity index (χ1) is 9.45. The van der Waals surface area contributed by atoms with Crippen molar-refractivity contribution in [2.45, 2.75) is 66.7 Å². The SMILES string of the molecule is CC(C)C(C)C.CCCCCCOP(N)OCCC#N. The minimum absolute atomic E-state index is 0.369. The zero-order valence-corrected chi connectivity index (χ0v) is 14.8. The van der Waals surface area contributed by atoms with E-state index in [1.165, 1.54) is 19.3 Å². The lowest BCUT2D eigenvalue weighted by molar-refractivity contribution is 0.248. The topological polar surface area (TPSA) is 68.3 Å². The molecule has 4 nitrogen and oxygen atoms in total. The van der Waals surface area contributed by atoms with Crippen LogP contribution < -0.4 is 5.50 Å². The molecule has 1 unspecified atom stereocenters. The summed E-state index contributed by atoms with van der Waals surface area (Å²) in [6, 6.07) is 1.98. The van der Waals surface area contributed by atoms with E-state index in [2.05, 4.69) is 34.6 Å². The number of hydrogen-bond donors (Lipinski definition) is 1. The molecule has 0 aliphatic carbocycles. The first kappa shape index (κ1) is 22.1. The van der Waals surface area contributed by atoms with Gasteiger partial charge in [0.2, 0.25) is 0 Å². The molecule has 0 aromatic carbocycles. The maximum absolute atomic E-state index is 8.25. The Balaban J connectivity index is 0. The normalized spacial score (nSPS) is 11.9. The van der Waals surface area contributed by atoms with Gasteiger partial charge in [0, 0.05) is 0 Å². The van der Waals surface area contributed by atoms with Crippen molar-refractivity contribution in [3.8, 4) is 6.07 Å². The van der Waals surface area contributed by atoms with Crippen LogP contribution in [0.3, 0.4) is 0 Å². The summed E-state index contributed by atoms with van der Waals surface area (Å²) in [5.41, 5.74) is 5.54. The predicted octanol–water partition coefficient (Wildman–Crippen LogP) is 5.00. The van der Waals surface area contributed by atoms with Gasteiger partial charge in [-0.1, -0.05) is 53.9 Å². The molecule has 0 heterocycles. The third kappa shape index (κ3) is 20.1. The monoisotopic (exact) mass is 304 g/mol. The number of nitrogens with zero attached hydrogens (tertiary/aromatic N) is 1. The summed E-state index contributed by atoms with van der Waals surface area (Å²) in [4.78, 5) is 0. The Kier molecular flexibility index (Phi) is 18.6. The minimum atomic E-state index is -1.26. The second kappa shape index (κ2) is 16.9. The van der Waals surface area contributed by atoms with E-state index in [9.17, 15) is 0 Å². The van der Waals surface area contributed by atoms with Crippen LogP contribution in [0.15, 0.2) is 0 Å². The van der Waals surface area contributed by atoms with E-state index < -0.39 is 8.53 Å². The second-order valence-corrected chi connectivity index (χ2v) is 6.50.